The van der Waals surface area contributed by atoms with Crippen LogP contribution >= 0.6 is 0 Å². The first-order valence-corrected chi connectivity index (χ1v) is 8.33. The van der Waals surface area contributed by atoms with Crippen molar-refractivity contribution >= 4 is 18.1 Å². The summed E-state index contributed by atoms with van der Waals surface area (Å²) in [6.45, 7) is 6.39. The van der Waals surface area contributed by atoms with E-state index < -0.39 is 43.0 Å². The van der Waals surface area contributed by atoms with Crippen molar-refractivity contribution < 1.29 is 33.6 Å². The summed E-state index contributed by atoms with van der Waals surface area (Å²) in [5.74, 6) is -0.00665. The van der Waals surface area contributed by atoms with Crippen LogP contribution in [0.4, 0.5) is 15.4 Å². The van der Waals surface area contributed by atoms with Gasteiger partial charge in [-0.25, -0.2) is 14.4 Å². The lowest BCUT2D eigenvalue weighted by Gasteiger charge is -2.15. The summed E-state index contributed by atoms with van der Waals surface area (Å²) >= 11 is 0. The molecular weight excluding hydrogens is 374 g/mol. The zero-order valence-corrected chi connectivity index (χ0v) is 15.0. The van der Waals surface area contributed by atoms with Crippen LogP contribution in [0.5, 0.6) is 0 Å². The number of carbonyl (C=O) groups excluding carboxylic acids is 2. The van der Waals surface area contributed by atoms with E-state index in [1.54, 1.807) is 0 Å². The molecule has 2 N–H and O–H groups in total. The number of rotatable bonds is 8. The smallest absolute Gasteiger partial charge is 0.445 e. The van der Waals surface area contributed by atoms with E-state index in [0.717, 1.165) is 4.57 Å². The third-order valence-electron chi connectivity index (χ3n) is 3.63. The SMILES string of the molecule is C=CCOC(=O)Nc1ccn([C@H]2C[C@H](OC(=O)OCC=C)[C@@H](CO)O2)c(=O)n1. The second-order valence-electron chi connectivity index (χ2n) is 5.57. The summed E-state index contributed by atoms with van der Waals surface area (Å²) in [5, 5.41) is 11.7. The van der Waals surface area contributed by atoms with Gasteiger partial charge in [0.25, 0.3) is 0 Å². The number of aromatic nitrogens is 2. The maximum Gasteiger partial charge on any atom is 0.508 e. The van der Waals surface area contributed by atoms with Crippen molar-refractivity contribution in [2.24, 2.45) is 0 Å². The molecule has 1 fully saturated rings. The number of ether oxygens (including phenoxy) is 4. The molecule has 1 aromatic heterocycles. The Morgan fingerprint density at radius 1 is 1.36 bits per heavy atom. The summed E-state index contributed by atoms with van der Waals surface area (Å²) in [7, 11) is 0. The Bertz CT molecular complexity index is 778. The Kier molecular flexibility index (Phi) is 7.72. The Morgan fingerprint density at radius 2 is 2.07 bits per heavy atom. The van der Waals surface area contributed by atoms with Crippen molar-refractivity contribution in [2.45, 2.75) is 24.9 Å². The van der Waals surface area contributed by atoms with Crippen molar-refractivity contribution in [3.8, 4) is 0 Å². The van der Waals surface area contributed by atoms with Crippen LogP contribution < -0.4 is 11.0 Å². The summed E-state index contributed by atoms with van der Waals surface area (Å²) in [4.78, 5) is 39.0. The van der Waals surface area contributed by atoms with E-state index in [9.17, 15) is 19.5 Å². The van der Waals surface area contributed by atoms with Gasteiger partial charge >= 0.3 is 17.9 Å². The second-order valence-corrected chi connectivity index (χ2v) is 5.57. The fourth-order valence-corrected chi connectivity index (χ4v) is 2.42. The molecule has 28 heavy (non-hydrogen) atoms. The number of hydrogen-bond acceptors (Lipinski definition) is 9. The number of aliphatic hydroxyl groups is 1. The molecular formula is C17H21N3O8. The molecule has 0 spiro atoms. The molecule has 0 aromatic carbocycles. The predicted octanol–water partition coefficient (Wildman–Crippen LogP) is 0.965. The largest absolute Gasteiger partial charge is 0.508 e. The minimum atomic E-state index is -0.935. The predicted molar refractivity (Wildman–Crippen MR) is 95.7 cm³/mol. The molecule has 1 aromatic rings. The van der Waals surface area contributed by atoms with Crippen LogP contribution in [0.3, 0.4) is 0 Å². The van der Waals surface area contributed by atoms with E-state index >= 15 is 0 Å². The molecule has 0 bridgehead atoms. The second kappa shape index (κ2) is 10.2. The van der Waals surface area contributed by atoms with E-state index in [1.165, 1.54) is 24.4 Å². The average molecular weight is 395 g/mol. The van der Waals surface area contributed by atoms with Gasteiger partial charge in [-0.05, 0) is 6.07 Å². The van der Waals surface area contributed by atoms with Crippen LogP contribution in [0.25, 0.3) is 0 Å². The quantitative estimate of drug-likeness (QED) is 0.487. The lowest BCUT2D eigenvalue weighted by Crippen LogP contribution is -2.30. The molecule has 11 nitrogen and oxygen atoms in total. The molecule has 2 heterocycles. The third kappa shape index (κ3) is 5.66. The van der Waals surface area contributed by atoms with Gasteiger partial charge in [-0.2, -0.15) is 4.98 Å². The Balaban J connectivity index is 2.03. The molecule has 1 aliphatic heterocycles. The van der Waals surface area contributed by atoms with Crippen LogP contribution in [0.1, 0.15) is 12.6 Å². The number of aliphatic hydroxyl groups excluding tert-OH is 1. The molecule has 0 radical (unpaired) electrons. The standard InChI is InChI=1S/C17H21N3O8/c1-3-7-25-16(23)19-13-5-6-20(15(22)18-13)14-9-11(12(10-21)27-14)28-17(24)26-8-4-2/h3-6,11-12,14,21H,1-2,7-10H2,(H,18,19,22,23)/t11-,12+,14+/m0/s1. The monoisotopic (exact) mass is 395 g/mol. The first-order valence-electron chi connectivity index (χ1n) is 8.33. The number of hydrogen-bond donors (Lipinski definition) is 2. The molecule has 11 heteroatoms. The Morgan fingerprint density at radius 3 is 2.71 bits per heavy atom. The summed E-state index contributed by atoms with van der Waals surface area (Å²) < 4.78 is 21.3. The van der Waals surface area contributed by atoms with Crippen molar-refractivity contribution in [3.63, 3.8) is 0 Å². The van der Waals surface area contributed by atoms with Gasteiger partial charge in [0.2, 0.25) is 0 Å². The average Bonchev–Trinajstić information content (AvgIpc) is 3.07. The highest BCUT2D eigenvalue weighted by Gasteiger charge is 2.39. The first-order chi connectivity index (χ1) is 13.5. The Labute approximate surface area is 160 Å². The molecule has 3 atom stereocenters. The zero-order valence-electron chi connectivity index (χ0n) is 15.0. The maximum atomic E-state index is 12.2. The van der Waals surface area contributed by atoms with Gasteiger partial charge in [0.1, 0.15) is 37.5 Å². The highest BCUT2D eigenvalue weighted by Crippen LogP contribution is 2.30. The molecule has 2 rings (SSSR count). The summed E-state index contributed by atoms with van der Waals surface area (Å²) in [5.41, 5.74) is -0.710. The zero-order chi connectivity index (χ0) is 20.5. The van der Waals surface area contributed by atoms with E-state index in [1.807, 2.05) is 0 Å². The van der Waals surface area contributed by atoms with Crippen molar-refractivity contribution in [1.82, 2.24) is 9.55 Å². The molecule has 1 aliphatic rings. The molecule has 0 saturated carbocycles. The van der Waals surface area contributed by atoms with Crippen molar-refractivity contribution in [3.05, 3.63) is 48.1 Å². The van der Waals surface area contributed by atoms with Gasteiger partial charge in [0, 0.05) is 12.6 Å². The van der Waals surface area contributed by atoms with E-state index in [0.29, 0.717) is 0 Å². The molecule has 0 aliphatic carbocycles. The van der Waals surface area contributed by atoms with Gasteiger partial charge in [-0.15, -0.1) is 0 Å². The maximum absolute atomic E-state index is 12.2. The van der Waals surface area contributed by atoms with E-state index in [2.05, 4.69) is 23.5 Å². The molecule has 152 valence electrons. The lowest BCUT2D eigenvalue weighted by molar-refractivity contribution is -0.0565. The number of amides is 1. The fraction of sp³-hybridized carbons (Fsp3) is 0.412. The highest BCUT2D eigenvalue weighted by atomic mass is 16.7. The molecule has 1 amide bonds. The molecule has 0 unspecified atom stereocenters. The van der Waals surface area contributed by atoms with Gasteiger partial charge in [-0.1, -0.05) is 25.3 Å². The third-order valence-corrected chi connectivity index (χ3v) is 3.63. The van der Waals surface area contributed by atoms with Crippen LogP contribution in [-0.4, -0.2) is 58.9 Å². The van der Waals surface area contributed by atoms with Gasteiger partial charge in [-0.3, -0.25) is 9.88 Å². The van der Waals surface area contributed by atoms with Gasteiger partial charge in [0.15, 0.2) is 0 Å². The summed E-state index contributed by atoms with van der Waals surface area (Å²) in [6.07, 6.45) is 0.0458. The summed E-state index contributed by atoms with van der Waals surface area (Å²) in [6, 6.07) is 1.38. The fourth-order valence-electron chi connectivity index (χ4n) is 2.42. The number of nitrogens with zero attached hydrogens (tertiary/aromatic N) is 2. The minimum absolute atomic E-state index is 0.00665. The van der Waals surface area contributed by atoms with Crippen molar-refractivity contribution in [2.75, 3.05) is 25.1 Å². The normalized spacial score (nSPS) is 20.8. The van der Waals surface area contributed by atoms with Crippen LogP contribution in [0, 0.1) is 0 Å². The van der Waals surface area contributed by atoms with Crippen molar-refractivity contribution in [1.29, 1.82) is 0 Å². The lowest BCUT2D eigenvalue weighted by atomic mass is 10.2. The number of nitrogens with one attached hydrogen (secondary N) is 1. The number of carbonyl (C=O) groups is 2. The molecule has 1 saturated heterocycles. The van der Waals surface area contributed by atoms with Gasteiger partial charge < -0.3 is 24.1 Å². The topological polar surface area (TPSA) is 138 Å². The highest BCUT2D eigenvalue weighted by molar-refractivity contribution is 5.83. The van der Waals surface area contributed by atoms with E-state index in [-0.39, 0.29) is 25.5 Å². The van der Waals surface area contributed by atoms with Gasteiger partial charge in [0.05, 0.1) is 6.61 Å². The van der Waals surface area contributed by atoms with Crippen LogP contribution in [0.15, 0.2) is 42.4 Å². The first kappa shape index (κ1) is 21.1. The van der Waals surface area contributed by atoms with Crippen LogP contribution in [-0.2, 0) is 18.9 Å². The van der Waals surface area contributed by atoms with E-state index in [4.69, 9.17) is 18.9 Å². The Hall–Kier alpha value is -3.18. The number of anilines is 1. The van der Waals surface area contributed by atoms with Crippen LogP contribution in [0.2, 0.25) is 0 Å². The minimum Gasteiger partial charge on any atom is -0.445 e.